The number of aromatic nitrogens is 2. The summed E-state index contributed by atoms with van der Waals surface area (Å²) in [5, 5.41) is 4.16. The lowest BCUT2D eigenvalue weighted by Crippen LogP contribution is -2.63. The molecular weight excluding hydrogens is 482 g/mol. The summed E-state index contributed by atoms with van der Waals surface area (Å²) in [7, 11) is 1.69. The second-order valence-electron chi connectivity index (χ2n) is 8.64. The van der Waals surface area contributed by atoms with Crippen molar-refractivity contribution in [2.24, 2.45) is 0 Å². The maximum absolute atomic E-state index is 16.1. The zero-order valence-electron chi connectivity index (χ0n) is 18.2. The van der Waals surface area contributed by atoms with Crippen molar-refractivity contribution in [1.82, 2.24) is 15.3 Å². The highest BCUT2D eigenvalue weighted by Crippen LogP contribution is 2.46. The van der Waals surface area contributed by atoms with Gasteiger partial charge in [-0.1, -0.05) is 22.9 Å². The molecule has 0 aliphatic carbocycles. The Morgan fingerprint density at radius 2 is 2.09 bits per heavy atom. The maximum Gasteiger partial charge on any atom is 0.250 e. The van der Waals surface area contributed by atoms with E-state index in [1.165, 1.54) is 18.3 Å². The number of pyridine rings is 1. The standard InChI is InChI=1S/C23H19ClF2N6OS/c1-9-8-32-15(7-28-9)22(33)31(2)14-6-29-18-11(20(14)32)5-12(24)16(17(18)26)10-3-4-13(25)21-19(10)30-23(27)34-21/h3-6,9,15,28H,7-8H2,1-2H3,(H2,27,30)/t9-,15-/m1/s1. The van der Waals surface area contributed by atoms with Crippen LogP contribution in [0.5, 0.6) is 0 Å². The third kappa shape index (κ3) is 2.92. The van der Waals surface area contributed by atoms with Gasteiger partial charge in [-0.3, -0.25) is 9.78 Å². The van der Waals surface area contributed by atoms with Crippen molar-refractivity contribution in [2.45, 2.75) is 19.0 Å². The van der Waals surface area contributed by atoms with Gasteiger partial charge in [-0.15, -0.1) is 0 Å². The first-order chi connectivity index (χ1) is 16.3. The molecule has 1 amide bonds. The predicted molar refractivity (Wildman–Crippen MR) is 132 cm³/mol. The highest BCUT2D eigenvalue weighted by Gasteiger charge is 2.41. The third-order valence-corrected chi connectivity index (χ3v) is 7.75. The Balaban J connectivity index is 1.63. The van der Waals surface area contributed by atoms with Crippen molar-refractivity contribution in [1.29, 1.82) is 0 Å². The summed E-state index contributed by atoms with van der Waals surface area (Å²) in [5.74, 6) is -1.17. The number of nitrogens with one attached hydrogen (secondary N) is 1. The van der Waals surface area contributed by atoms with E-state index in [0.717, 1.165) is 17.0 Å². The van der Waals surface area contributed by atoms with E-state index in [0.29, 0.717) is 29.7 Å². The summed E-state index contributed by atoms with van der Waals surface area (Å²) in [6.45, 7) is 3.10. The number of hydrogen-bond donors (Lipinski definition) is 2. The molecule has 7 nitrogen and oxygen atoms in total. The molecule has 0 saturated carbocycles. The molecule has 2 atom stereocenters. The molecule has 3 N–H and O–H groups in total. The summed E-state index contributed by atoms with van der Waals surface area (Å²) in [6, 6.07) is 4.11. The molecule has 34 heavy (non-hydrogen) atoms. The summed E-state index contributed by atoms with van der Waals surface area (Å²) in [5.41, 5.74) is 7.92. The first-order valence-electron chi connectivity index (χ1n) is 10.7. The molecule has 0 bridgehead atoms. The lowest BCUT2D eigenvalue weighted by atomic mass is 9.97. The van der Waals surface area contributed by atoms with Gasteiger partial charge in [-0.2, -0.15) is 0 Å². The molecule has 2 aromatic heterocycles. The fraction of sp³-hybridized carbons (Fsp3) is 0.261. The van der Waals surface area contributed by atoms with E-state index >= 15 is 4.39 Å². The smallest absolute Gasteiger partial charge is 0.250 e. The van der Waals surface area contributed by atoms with Gasteiger partial charge in [-0.05, 0) is 25.1 Å². The van der Waals surface area contributed by atoms with Gasteiger partial charge in [0.25, 0.3) is 5.91 Å². The number of carbonyl (C=O) groups excluding carboxylic acids is 1. The van der Waals surface area contributed by atoms with Gasteiger partial charge in [-0.25, -0.2) is 13.8 Å². The lowest BCUT2D eigenvalue weighted by molar-refractivity contribution is -0.120. The van der Waals surface area contributed by atoms with Crippen LogP contribution in [-0.2, 0) is 4.79 Å². The van der Waals surface area contributed by atoms with Crippen molar-refractivity contribution in [3.8, 4) is 11.1 Å². The van der Waals surface area contributed by atoms with Crippen molar-refractivity contribution in [3.63, 3.8) is 0 Å². The fourth-order valence-corrected chi connectivity index (χ4v) is 6.01. The van der Waals surface area contributed by atoms with E-state index in [-0.39, 0.29) is 43.4 Å². The van der Waals surface area contributed by atoms with Crippen LogP contribution in [0.3, 0.4) is 0 Å². The number of amides is 1. The van der Waals surface area contributed by atoms with Gasteiger partial charge in [0.2, 0.25) is 0 Å². The number of halogens is 3. The molecule has 0 unspecified atom stereocenters. The van der Waals surface area contributed by atoms with Crippen molar-refractivity contribution in [2.75, 3.05) is 35.7 Å². The molecule has 6 rings (SSSR count). The lowest BCUT2D eigenvalue weighted by Gasteiger charge is -2.46. The molecule has 4 heterocycles. The number of fused-ring (bicyclic) bond motifs is 6. The Hall–Kier alpha value is -3.08. The zero-order valence-corrected chi connectivity index (χ0v) is 19.8. The molecule has 2 aromatic carbocycles. The Morgan fingerprint density at radius 3 is 2.88 bits per heavy atom. The van der Waals surface area contributed by atoms with Crippen molar-refractivity contribution in [3.05, 3.63) is 41.1 Å². The summed E-state index contributed by atoms with van der Waals surface area (Å²) < 4.78 is 30.7. The van der Waals surface area contributed by atoms with Crippen LogP contribution >= 0.6 is 22.9 Å². The van der Waals surface area contributed by atoms with Crippen LogP contribution in [-0.4, -0.2) is 48.1 Å². The number of piperazine rings is 1. The molecule has 2 aliphatic heterocycles. The largest absolute Gasteiger partial charge is 0.375 e. The molecule has 4 aromatic rings. The maximum atomic E-state index is 16.1. The fourth-order valence-electron chi connectivity index (χ4n) is 4.95. The minimum absolute atomic E-state index is 0.0499. The van der Waals surface area contributed by atoms with E-state index in [2.05, 4.69) is 15.3 Å². The van der Waals surface area contributed by atoms with Gasteiger partial charge in [0.1, 0.15) is 17.4 Å². The number of likely N-dealkylation sites (N-methyl/N-ethyl adjacent to an activating group) is 1. The SMILES string of the molecule is C[C@@H]1CN2c3c(cnc4c(F)c(-c5ccc(F)c6sc(N)nc56)c(Cl)cc34)N(C)C(=O)[C@H]2CN1. The van der Waals surface area contributed by atoms with Crippen LogP contribution in [0.25, 0.3) is 32.2 Å². The minimum Gasteiger partial charge on any atom is -0.375 e. The Labute approximate surface area is 202 Å². The van der Waals surface area contributed by atoms with Crippen LogP contribution in [0, 0.1) is 11.6 Å². The first kappa shape index (κ1) is 21.5. The molecule has 2 aliphatic rings. The number of nitrogens with two attached hydrogens (primary N) is 1. The second-order valence-corrected chi connectivity index (χ2v) is 10.1. The van der Waals surface area contributed by atoms with E-state index in [9.17, 15) is 9.18 Å². The average Bonchev–Trinajstić information content (AvgIpc) is 3.20. The first-order valence-corrected chi connectivity index (χ1v) is 11.9. The number of anilines is 3. The Morgan fingerprint density at radius 1 is 1.29 bits per heavy atom. The van der Waals surface area contributed by atoms with Crippen molar-refractivity contribution < 1.29 is 13.6 Å². The van der Waals surface area contributed by atoms with E-state index < -0.39 is 17.7 Å². The van der Waals surface area contributed by atoms with Gasteiger partial charge in [0.15, 0.2) is 10.9 Å². The Kier molecular flexibility index (Phi) is 4.71. The highest BCUT2D eigenvalue weighted by atomic mass is 35.5. The molecule has 1 fully saturated rings. The van der Waals surface area contributed by atoms with Crippen LogP contribution < -0.4 is 20.9 Å². The minimum atomic E-state index is -0.635. The number of nitrogens with zero attached hydrogens (tertiary/aromatic N) is 4. The van der Waals surface area contributed by atoms with E-state index in [4.69, 9.17) is 17.3 Å². The number of benzene rings is 2. The number of nitrogen functional groups attached to an aromatic ring is 1. The number of rotatable bonds is 1. The molecular formula is C23H19ClF2N6OS. The second kappa shape index (κ2) is 7.46. The van der Waals surface area contributed by atoms with Crippen LogP contribution in [0.4, 0.5) is 25.3 Å². The van der Waals surface area contributed by atoms with Crippen molar-refractivity contribution >= 4 is 66.5 Å². The summed E-state index contributed by atoms with van der Waals surface area (Å²) in [6.07, 6.45) is 1.51. The van der Waals surface area contributed by atoms with Crippen LogP contribution in [0.1, 0.15) is 6.92 Å². The predicted octanol–water partition coefficient (Wildman–Crippen LogP) is 4.17. The molecule has 174 valence electrons. The normalized spacial score (nSPS) is 20.2. The van der Waals surface area contributed by atoms with Gasteiger partial charge < -0.3 is 20.9 Å². The van der Waals surface area contributed by atoms with E-state index in [1.807, 2.05) is 11.8 Å². The van der Waals surface area contributed by atoms with Gasteiger partial charge in [0, 0.05) is 42.7 Å². The molecule has 0 spiro atoms. The van der Waals surface area contributed by atoms with E-state index in [1.54, 1.807) is 18.0 Å². The third-order valence-electron chi connectivity index (χ3n) is 6.56. The number of thiazole rings is 1. The summed E-state index contributed by atoms with van der Waals surface area (Å²) >= 11 is 7.67. The average molecular weight is 501 g/mol. The topological polar surface area (TPSA) is 87.4 Å². The molecule has 11 heteroatoms. The van der Waals surface area contributed by atoms with Crippen LogP contribution in [0.2, 0.25) is 5.02 Å². The monoisotopic (exact) mass is 500 g/mol. The Bertz CT molecular complexity index is 1530. The molecule has 0 radical (unpaired) electrons. The highest BCUT2D eigenvalue weighted by molar-refractivity contribution is 7.22. The summed E-state index contributed by atoms with van der Waals surface area (Å²) in [4.78, 5) is 25.1. The number of hydrogen-bond acceptors (Lipinski definition) is 7. The van der Waals surface area contributed by atoms with Crippen LogP contribution in [0.15, 0.2) is 24.4 Å². The van der Waals surface area contributed by atoms with Gasteiger partial charge >= 0.3 is 0 Å². The number of carbonyl (C=O) groups is 1. The zero-order chi connectivity index (χ0) is 23.9. The quantitative estimate of drug-likeness (QED) is 0.408. The molecule has 1 saturated heterocycles. The van der Waals surface area contributed by atoms with Gasteiger partial charge in [0.05, 0.1) is 32.8 Å².